The molecule has 0 spiro atoms. The molecule has 1 N–H and O–H groups in total. The monoisotopic (exact) mass is 151 g/mol. The number of methoxy groups -OCH3 is 1. The molecule has 0 bridgehead atoms. The van der Waals surface area contributed by atoms with Crippen molar-refractivity contribution in [2.24, 2.45) is 0 Å². The number of phenolic OH excluding ortho intramolecular Hbond substituents is 1. The van der Waals surface area contributed by atoms with E-state index < -0.39 is 0 Å². The Hall–Kier alpha value is -1.18. The van der Waals surface area contributed by atoms with Gasteiger partial charge in [-0.25, -0.2) is 0 Å². The van der Waals surface area contributed by atoms with Gasteiger partial charge in [-0.05, 0) is 24.1 Å². The number of aryl methyl sites for hydroxylation is 1. The summed E-state index contributed by atoms with van der Waals surface area (Å²) in [6.45, 7) is 2.04. The lowest BCUT2D eigenvalue weighted by molar-refractivity contribution is 0.372. The Labute approximate surface area is 66.4 Å². The zero-order chi connectivity index (χ0) is 8.27. The van der Waals surface area contributed by atoms with Crippen molar-refractivity contribution >= 4 is 0 Å². The second-order valence-corrected chi connectivity index (χ2v) is 2.28. The first-order chi connectivity index (χ1) is 5.27. The number of benzene rings is 1. The van der Waals surface area contributed by atoms with Crippen LogP contribution in [0.2, 0.25) is 0 Å². The van der Waals surface area contributed by atoms with E-state index in [0.717, 1.165) is 12.0 Å². The van der Waals surface area contributed by atoms with Crippen LogP contribution in [-0.2, 0) is 6.42 Å². The lowest BCUT2D eigenvalue weighted by Gasteiger charge is -2.03. The van der Waals surface area contributed by atoms with Crippen molar-refractivity contribution in [1.29, 1.82) is 0 Å². The third-order valence-corrected chi connectivity index (χ3v) is 1.57. The van der Waals surface area contributed by atoms with Crippen LogP contribution in [0.15, 0.2) is 12.1 Å². The summed E-state index contributed by atoms with van der Waals surface area (Å²) in [6, 6.07) is 6.27. The van der Waals surface area contributed by atoms with Gasteiger partial charge in [-0.3, -0.25) is 0 Å². The minimum atomic E-state index is 0.0738. The molecule has 1 rings (SSSR count). The van der Waals surface area contributed by atoms with Gasteiger partial charge in [0.2, 0.25) is 0 Å². The number of ether oxygens (including phenoxy) is 1. The zero-order valence-corrected chi connectivity index (χ0v) is 6.72. The molecule has 0 amide bonds. The van der Waals surface area contributed by atoms with Crippen LogP contribution in [0, 0.1) is 6.07 Å². The highest BCUT2D eigenvalue weighted by atomic mass is 16.5. The summed E-state index contributed by atoms with van der Waals surface area (Å²) in [6.07, 6.45) is 0.924. The molecule has 0 fully saturated rings. The van der Waals surface area contributed by atoms with E-state index in [0.29, 0.717) is 5.75 Å². The molecule has 0 heterocycles. The summed E-state index contributed by atoms with van der Waals surface area (Å²) in [7, 11) is 1.53. The fourth-order valence-corrected chi connectivity index (χ4v) is 0.870. The van der Waals surface area contributed by atoms with Crippen LogP contribution in [-0.4, -0.2) is 12.2 Å². The van der Waals surface area contributed by atoms with E-state index in [1.807, 2.05) is 13.0 Å². The van der Waals surface area contributed by atoms with Crippen molar-refractivity contribution in [2.45, 2.75) is 13.3 Å². The maximum atomic E-state index is 9.15. The molecular formula is C9H11O2. The Morgan fingerprint density at radius 2 is 2.36 bits per heavy atom. The minimum absolute atomic E-state index is 0.0738. The van der Waals surface area contributed by atoms with Gasteiger partial charge in [0.15, 0.2) is 11.5 Å². The number of phenols is 1. The van der Waals surface area contributed by atoms with Crippen molar-refractivity contribution in [1.82, 2.24) is 0 Å². The largest absolute Gasteiger partial charge is 0.504 e. The first kappa shape index (κ1) is 7.92. The van der Waals surface area contributed by atoms with E-state index in [1.165, 1.54) is 7.11 Å². The summed E-state index contributed by atoms with van der Waals surface area (Å²) in [5.41, 5.74) is 1.11. The highest BCUT2D eigenvalue weighted by Crippen LogP contribution is 2.25. The zero-order valence-electron chi connectivity index (χ0n) is 6.72. The Bertz CT molecular complexity index is 243. The van der Waals surface area contributed by atoms with Gasteiger partial charge in [-0.1, -0.05) is 6.92 Å². The van der Waals surface area contributed by atoms with E-state index in [1.54, 1.807) is 6.07 Å². The normalized spacial score (nSPS) is 9.64. The summed E-state index contributed by atoms with van der Waals surface area (Å²) in [4.78, 5) is 0. The van der Waals surface area contributed by atoms with Crippen molar-refractivity contribution in [3.8, 4) is 11.5 Å². The van der Waals surface area contributed by atoms with Crippen molar-refractivity contribution in [3.05, 3.63) is 23.8 Å². The SMILES string of the molecule is CCc1c[c]c(O)c(OC)c1. The van der Waals surface area contributed by atoms with Gasteiger partial charge in [0.05, 0.1) is 7.11 Å². The Balaban J connectivity index is 3.02. The predicted octanol–water partition coefficient (Wildman–Crippen LogP) is 1.76. The van der Waals surface area contributed by atoms with Gasteiger partial charge in [0.25, 0.3) is 0 Å². The molecule has 0 saturated carbocycles. The molecule has 11 heavy (non-hydrogen) atoms. The van der Waals surface area contributed by atoms with Crippen molar-refractivity contribution < 1.29 is 9.84 Å². The second kappa shape index (κ2) is 3.28. The average Bonchev–Trinajstić information content (AvgIpc) is 2.05. The molecule has 1 aromatic carbocycles. The van der Waals surface area contributed by atoms with Crippen LogP contribution in [0.5, 0.6) is 11.5 Å². The number of rotatable bonds is 2. The van der Waals surface area contributed by atoms with Gasteiger partial charge in [-0.2, -0.15) is 0 Å². The quantitative estimate of drug-likeness (QED) is 0.698. The van der Waals surface area contributed by atoms with Crippen LogP contribution in [0.25, 0.3) is 0 Å². The van der Waals surface area contributed by atoms with Crippen molar-refractivity contribution in [2.75, 3.05) is 7.11 Å². The summed E-state index contributed by atoms with van der Waals surface area (Å²) in [5.74, 6) is 0.564. The maximum absolute atomic E-state index is 9.15. The highest BCUT2D eigenvalue weighted by molar-refractivity contribution is 5.40. The number of aromatic hydroxyl groups is 1. The van der Waals surface area contributed by atoms with Crippen LogP contribution < -0.4 is 4.74 Å². The molecule has 2 nitrogen and oxygen atoms in total. The molecule has 59 valence electrons. The standard InChI is InChI=1S/C9H11O2/c1-3-7-4-5-8(10)9(6-7)11-2/h4,6,10H,3H2,1-2H3. The van der Waals surface area contributed by atoms with E-state index in [4.69, 9.17) is 9.84 Å². The predicted molar refractivity (Wildman–Crippen MR) is 42.9 cm³/mol. The van der Waals surface area contributed by atoms with Crippen molar-refractivity contribution in [3.63, 3.8) is 0 Å². The van der Waals surface area contributed by atoms with Crippen LogP contribution in [0.1, 0.15) is 12.5 Å². The average molecular weight is 151 g/mol. The molecule has 2 heteroatoms. The van der Waals surface area contributed by atoms with E-state index in [-0.39, 0.29) is 5.75 Å². The Kier molecular flexibility index (Phi) is 2.36. The number of hydrogen-bond acceptors (Lipinski definition) is 2. The first-order valence-electron chi connectivity index (χ1n) is 3.55. The van der Waals surface area contributed by atoms with E-state index in [9.17, 15) is 0 Å². The Morgan fingerprint density at radius 1 is 1.64 bits per heavy atom. The molecule has 0 aliphatic heterocycles. The van der Waals surface area contributed by atoms with E-state index in [2.05, 4.69) is 6.07 Å². The van der Waals surface area contributed by atoms with Gasteiger partial charge in [-0.15, -0.1) is 0 Å². The second-order valence-electron chi connectivity index (χ2n) is 2.28. The molecule has 0 aliphatic rings. The van der Waals surface area contributed by atoms with Gasteiger partial charge >= 0.3 is 0 Å². The topological polar surface area (TPSA) is 29.5 Å². The molecule has 0 aromatic heterocycles. The third-order valence-electron chi connectivity index (χ3n) is 1.57. The molecular weight excluding hydrogens is 140 g/mol. The summed E-state index contributed by atoms with van der Waals surface area (Å²) < 4.78 is 4.91. The molecule has 0 unspecified atom stereocenters. The minimum Gasteiger partial charge on any atom is -0.504 e. The lowest BCUT2D eigenvalue weighted by atomic mass is 10.1. The van der Waals surface area contributed by atoms with Crippen LogP contribution in [0.4, 0.5) is 0 Å². The fraction of sp³-hybridized carbons (Fsp3) is 0.333. The summed E-state index contributed by atoms with van der Waals surface area (Å²) in [5, 5.41) is 9.15. The summed E-state index contributed by atoms with van der Waals surface area (Å²) >= 11 is 0. The lowest BCUT2D eigenvalue weighted by Crippen LogP contribution is -1.86. The molecule has 0 aliphatic carbocycles. The smallest absolute Gasteiger partial charge is 0.165 e. The van der Waals surface area contributed by atoms with Crippen LogP contribution in [0.3, 0.4) is 0 Å². The third kappa shape index (κ3) is 1.64. The molecule has 0 saturated heterocycles. The van der Waals surface area contributed by atoms with Gasteiger partial charge in [0, 0.05) is 6.07 Å². The van der Waals surface area contributed by atoms with Gasteiger partial charge < -0.3 is 9.84 Å². The molecule has 0 atom stereocenters. The molecule has 1 aromatic rings. The number of hydrogen-bond donors (Lipinski definition) is 1. The fourth-order valence-electron chi connectivity index (χ4n) is 0.870. The van der Waals surface area contributed by atoms with E-state index >= 15 is 0 Å². The highest BCUT2D eigenvalue weighted by Gasteiger charge is 2.00. The van der Waals surface area contributed by atoms with Gasteiger partial charge in [0.1, 0.15) is 0 Å². The first-order valence-corrected chi connectivity index (χ1v) is 3.55. The van der Waals surface area contributed by atoms with Crippen LogP contribution >= 0.6 is 0 Å². The maximum Gasteiger partial charge on any atom is 0.165 e. The Morgan fingerprint density at radius 3 is 2.91 bits per heavy atom. The molecule has 1 radical (unpaired) electrons.